The Hall–Kier alpha value is -2.21. The maximum atomic E-state index is 5.99. The summed E-state index contributed by atoms with van der Waals surface area (Å²) in [4.78, 5) is 18.1. The first kappa shape index (κ1) is 16.6. The number of rotatable bonds is 3. The summed E-state index contributed by atoms with van der Waals surface area (Å²) in [5.41, 5.74) is 5.08. The van der Waals surface area contributed by atoms with Crippen LogP contribution in [0.15, 0.2) is 18.2 Å². The number of hydrogen-bond donors (Lipinski definition) is 0. The second kappa shape index (κ2) is 6.73. The molecule has 24 heavy (non-hydrogen) atoms. The molecule has 0 aromatic carbocycles. The average molecular weight is 327 g/mol. The molecule has 1 aliphatic heterocycles. The van der Waals surface area contributed by atoms with E-state index in [0.29, 0.717) is 13.2 Å². The lowest BCUT2D eigenvalue weighted by Gasteiger charge is -2.33. The summed E-state index contributed by atoms with van der Waals surface area (Å²) in [6, 6.07) is 6.17. The second-order valence-corrected chi connectivity index (χ2v) is 6.54. The first-order valence-corrected chi connectivity index (χ1v) is 8.27. The Kier molecular flexibility index (Phi) is 4.66. The predicted octanol–water partition coefficient (Wildman–Crippen LogP) is 2.44. The van der Waals surface area contributed by atoms with Crippen molar-refractivity contribution in [2.75, 3.05) is 43.6 Å². The molecular weight excluding hydrogens is 302 g/mol. The summed E-state index contributed by atoms with van der Waals surface area (Å²) in [7, 11) is 4.08. The molecule has 1 fully saturated rings. The van der Waals surface area contributed by atoms with Crippen LogP contribution in [-0.4, -0.2) is 48.7 Å². The zero-order valence-electron chi connectivity index (χ0n) is 15.1. The molecule has 128 valence electrons. The molecular formula is C18H25N5O. The molecule has 2 aromatic heterocycles. The fourth-order valence-electron chi connectivity index (χ4n) is 2.96. The molecule has 6 nitrogen and oxygen atoms in total. The molecule has 3 rings (SSSR count). The van der Waals surface area contributed by atoms with Crippen molar-refractivity contribution in [3.05, 3.63) is 41.0 Å². The van der Waals surface area contributed by atoms with E-state index in [4.69, 9.17) is 4.74 Å². The monoisotopic (exact) mass is 327 g/mol. The molecule has 1 atom stereocenters. The second-order valence-electron chi connectivity index (χ2n) is 6.54. The molecule has 0 spiro atoms. The molecule has 0 bridgehead atoms. The summed E-state index contributed by atoms with van der Waals surface area (Å²) in [6.07, 6.45) is -0.0678. The summed E-state index contributed by atoms with van der Waals surface area (Å²) < 4.78 is 5.99. The smallest absolute Gasteiger partial charge is 0.225 e. The van der Waals surface area contributed by atoms with Crippen LogP contribution in [0.2, 0.25) is 0 Å². The Balaban J connectivity index is 1.85. The van der Waals surface area contributed by atoms with Gasteiger partial charge in [-0.25, -0.2) is 9.97 Å². The molecule has 0 amide bonds. The number of pyridine rings is 1. The minimum absolute atomic E-state index is 0.0678. The Morgan fingerprint density at radius 3 is 2.33 bits per heavy atom. The van der Waals surface area contributed by atoms with Gasteiger partial charge in [0.05, 0.1) is 18.8 Å². The normalized spacial score (nSPS) is 17.9. The standard InChI is InChI=1S/C18H25N5O/c1-12-8-13(2)21-18(20-12)23-6-7-24-17(11-23)16-10-15(22(4)5)9-14(3)19-16/h8-10,17H,6-7,11H2,1-5H3/t17-/m1/s1. The van der Waals surface area contributed by atoms with Gasteiger partial charge in [-0.3, -0.25) is 4.98 Å². The number of ether oxygens (including phenoxy) is 1. The molecule has 1 saturated heterocycles. The minimum atomic E-state index is -0.0678. The van der Waals surface area contributed by atoms with Gasteiger partial charge in [-0.2, -0.15) is 0 Å². The van der Waals surface area contributed by atoms with Gasteiger partial charge in [-0.1, -0.05) is 0 Å². The lowest BCUT2D eigenvalue weighted by Crippen LogP contribution is -2.39. The predicted molar refractivity (Wildman–Crippen MR) is 95.7 cm³/mol. The number of hydrogen-bond acceptors (Lipinski definition) is 6. The molecule has 0 unspecified atom stereocenters. The van der Waals surface area contributed by atoms with Gasteiger partial charge in [-0.05, 0) is 39.0 Å². The summed E-state index contributed by atoms with van der Waals surface area (Å²) in [5, 5.41) is 0. The van der Waals surface area contributed by atoms with Gasteiger partial charge in [0.15, 0.2) is 0 Å². The number of morpholine rings is 1. The lowest BCUT2D eigenvalue weighted by molar-refractivity contribution is 0.0364. The molecule has 0 saturated carbocycles. The van der Waals surface area contributed by atoms with Gasteiger partial charge in [0.1, 0.15) is 6.10 Å². The quantitative estimate of drug-likeness (QED) is 0.863. The van der Waals surface area contributed by atoms with Crippen LogP contribution in [0.4, 0.5) is 11.6 Å². The maximum absolute atomic E-state index is 5.99. The topological polar surface area (TPSA) is 54.4 Å². The van der Waals surface area contributed by atoms with E-state index in [0.717, 1.165) is 41.0 Å². The van der Waals surface area contributed by atoms with Crippen molar-refractivity contribution < 1.29 is 4.74 Å². The van der Waals surface area contributed by atoms with E-state index >= 15 is 0 Å². The molecule has 1 aliphatic rings. The Labute approximate surface area is 143 Å². The van der Waals surface area contributed by atoms with Crippen LogP contribution in [0.25, 0.3) is 0 Å². The van der Waals surface area contributed by atoms with Crippen LogP contribution in [0.1, 0.15) is 28.9 Å². The third kappa shape index (κ3) is 3.64. The molecule has 0 N–H and O–H groups in total. The van der Waals surface area contributed by atoms with Crippen LogP contribution in [0.5, 0.6) is 0 Å². The molecule has 3 heterocycles. The minimum Gasteiger partial charge on any atom is -0.378 e. The molecule has 6 heteroatoms. The number of aryl methyl sites for hydroxylation is 3. The maximum Gasteiger partial charge on any atom is 0.225 e. The van der Waals surface area contributed by atoms with Crippen molar-refractivity contribution >= 4 is 11.6 Å². The SMILES string of the molecule is Cc1cc(N(C)C)cc([C@H]2CN(c3nc(C)cc(C)n3)CCO2)n1. The number of anilines is 2. The molecule has 0 aliphatic carbocycles. The van der Waals surface area contributed by atoms with Gasteiger partial charge in [0, 0.05) is 43.4 Å². The zero-order chi connectivity index (χ0) is 17.3. The van der Waals surface area contributed by atoms with E-state index < -0.39 is 0 Å². The third-order valence-corrected chi connectivity index (χ3v) is 4.12. The third-order valence-electron chi connectivity index (χ3n) is 4.12. The highest BCUT2D eigenvalue weighted by Crippen LogP contribution is 2.26. The molecule has 0 radical (unpaired) electrons. The lowest BCUT2D eigenvalue weighted by atomic mass is 10.1. The van der Waals surface area contributed by atoms with Crippen molar-refractivity contribution in [2.45, 2.75) is 26.9 Å². The van der Waals surface area contributed by atoms with Crippen LogP contribution < -0.4 is 9.80 Å². The Morgan fingerprint density at radius 2 is 1.67 bits per heavy atom. The fourth-order valence-corrected chi connectivity index (χ4v) is 2.96. The van der Waals surface area contributed by atoms with Gasteiger partial charge in [-0.15, -0.1) is 0 Å². The Morgan fingerprint density at radius 1 is 1.00 bits per heavy atom. The van der Waals surface area contributed by atoms with Crippen LogP contribution >= 0.6 is 0 Å². The summed E-state index contributed by atoms with van der Waals surface area (Å²) in [6.45, 7) is 8.18. The van der Waals surface area contributed by atoms with Crippen molar-refractivity contribution in [1.82, 2.24) is 15.0 Å². The van der Waals surface area contributed by atoms with E-state index in [2.05, 4.69) is 36.9 Å². The van der Waals surface area contributed by atoms with Crippen LogP contribution in [0.3, 0.4) is 0 Å². The van der Waals surface area contributed by atoms with Gasteiger partial charge >= 0.3 is 0 Å². The first-order chi connectivity index (χ1) is 11.4. The van der Waals surface area contributed by atoms with Gasteiger partial charge in [0.25, 0.3) is 0 Å². The van der Waals surface area contributed by atoms with Crippen molar-refractivity contribution in [1.29, 1.82) is 0 Å². The number of aromatic nitrogens is 3. The van der Waals surface area contributed by atoms with Gasteiger partial charge in [0.2, 0.25) is 5.95 Å². The largest absolute Gasteiger partial charge is 0.378 e. The first-order valence-electron chi connectivity index (χ1n) is 8.27. The van der Waals surface area contributed by atoms with Crippen molar-refractivity contribution in [3.63, 3.8) is 0 Å². The zero-order valence-corrected chi connectivity index (χ0v) is 15.1. The van der Waals surface area contributed by atoms with Crippen molar-refractivity contribution in [2.24, 2.45) is 0 Å². The van der Waals surface area contributed by atoms with E-state index in [-0.39, 0.29) is 6.10 Å². The van der Waals surface area contributed by atoms with E-state index in [1.807, 2.05) is 40.9 Å². The summed E-state index contributed by atoms with van der Waals surface area (Å²) in [5.74, 6) is 0.779. The fraction of sp³-hybridized carbons (Fsp3) is 0.500. The highest BCUT2D eigenvalue weighted by Gasteiger charge is 2.25. The van der Waals surface area contributed by atoms with Crippen LogP contribution in [0, 0.1) is 20.8 Å². The average Bonchev–Trinajstić information content (AvgIpc) is 2.53. The number of nitrogens with zero attached hydrogens (tertiary/aromatic N) is 5. The summed E-state index contributed by atoms with van der Waals surface area (Å²) >= 11 is 0. The molecule has 2 aromatic rings. The van der Waals surface area contributed by atoms with E-state index in [1.54, 1.807) is 0 Å². The van der Waals surface area contributed by atoms with E-state index in [9.17, 15) is 0 Å². The van der Waals surface area contributed by atoms with Gasteiger partial charge < -0.3 is 14.5 Å². The van der Waals surface area contributed by atoms with Crippen molar-refractivity contribution in [3.8, 4) is 0 Å². The Bertz CT molecular complexity index is 711. The highest BCUT2D eigenvalue weighted by molar-refractivity contribution is 5.47. The van der Waals surface area contributed by atoms with E-state index in [1.165, 1.54) is 0 Å². The highest BCUT2D eigenvalue weighted by atomic mass is 16.5. The van der Waals surface area contributed by atoms with Crippen LogP contribution in [-0.2, 0) is 4.74 Å².